The minimum Gasteiger partial charge on any atom is -0.496 e. The van der Waals surface area contributed by atoms with E-state index in [-0.39, 0.29) is 36.4 Å². The Labute approximate surface area is 280 Å². The summed E-state index contributed by atoms with van der Waals surface area (Å²) in [6.07, 6.45) is 3.22. The van der Waals surface area contributed by atoms with E-state index < -0.39 is 29.5 Å². The van der Waals surface area contributed by atoms with Crippen LogP contribution >= 0.6 is 0 Å². The molecule has 0 spiro atoms. The first-order chi connectivity index (χ1) is 22.6. The number of piperidine rings is 1. The summed E-state index contributed by atoms with van der Waals surface area (Å²) in [7, 11) is 3.27. The highest BCUT2D eigenvalue weighted by atomic mass is 19.1. The molecule has 2 fully saturated rings. The Bertz CT molecular complexity index is 1690. The monoisotopic (exact) mass is 664 g/mol. The number of methoxy groups -OCH3 is 1. The molecule has 0 bridgehead atoms. The number of benzene rings is 2. The normalized spacial score (nSPS) is 19.3. The number of aromatic nitrogens is 1. The molecule has 2 aliphatic rings. The molecule has 5 rings (SSSR count). The van der Waals surface area contributed by atoms with Crippen LogP contribution in [0, 0.1) is 11.7 Å². The van der Waals surface area contributed by atoms with Crippen LogP contribution in [-0.2, 0) is 27.8 Å². The number of Topliss-reactive ketones (excluding diaryl/α,β-unsaturated/α-hetero) is 1. The van der Waals surface area contributed by atoms with Crippen LogP contribution in [0.1, 0.15) is 73.7 Å². The topological polar surface area (TPSA) is 111 Å². The highest BCUT2D eigenvalue weighted by Crippen LogP contribution is 2.32. The number of nitrogens with zero attached hydrogens (tertiary/aromatic N) is 4. The maximum Gasteiger partial charge on any atom is 0.528 e. The number of fused-ring (bicyclic) bond motifs is 1. The van der Waals surface area contributed by atoms with E-state index in [0.29, 0.717) is 41.2 Å². The van der Waals surface area contributed by atoms with Crippen molar-refractivity contribution in [2.75, 3.05) is 33.3 Å². The van der Waals surface area contributed by atoms with Crippen molar-refractivity contribution < 1.29 is 37.9 Å². The number of piperazine rings is 1. The van der Waals surface area contributed by atoms with E-state index in [1.165, 1.54) is 29.2 Å². The standard InChI is InChI=1S/C36H45FN4O7/c1-22-20-41(48-35(45)47-36(3,4)5)23(2)19-40(22)34(44)32(42)29-21-38(6)30-18-31(46-7)28(17-27(29)30)33(43)39-14-12-25(13-15-39)16-24-8-10-26(37)11-9-24/h8-11,17-18,21-23,25H,12-16,19-20H2,1-7H3/t22-,23+/m0/s1. The Morgan fingerprint density at radius 3 is 2.23 bits per heavy atom. The zero-order valence-corrected chi connectivity index (χ0v) is 28.7. The summed E-state index contributed by atoms with van der Waals surface area (Å²) >= 11 is 0. The third-order valence-electron chi connectivity index (χ3n) is 9.09. The first-order valence-corrected chi connectivity index (χ1v) is 16.4. The van der Waals surface area contributed by atoms with E-state index >= 15 is 0 Å². The molecule has 0 unspecified atom stereocenters. The van der Waals surface area contributed by atoms with Gasteiger partial charge in [0.15, 0.2) is 0 Å². The van der Waals surface area contributed by atoms with Crippen molar-refractivity contribution in [2.45, 2.75) is 71.6 Å². The van der Waals surface area contributed by atoms with Gasteiger partial charge in [0.1, 0.15) is 17.2 Å². The molecule has 2 aromatic carbocycles. The van der Waals surface area contributed by atoms with E-state index in [1.54, 1.807) is 81.6 Å². The van der Waals surface area contributed by atoms with Crippen LogP contribution in [0.5, 0.6) is 5.75 Å². The number of rotatable bonds is 7. The van der Waals surface area contributed by atoms with Crippen molar-refractivity contribution in [2.24, 2.45) is 13.0 Å². The second-order valence-electron chi connectivity index (χ2n) is 13.9. The Morgan fingerprint density at radius 2 is 1.60 bits per heavy atom. The molecule has 2 amide bonds. The third kappa shape index (κ3) is 7.64. The van der Waals surface area contributed by atoms with E-state index in [9.17, 15) is 23.6 Å². The van der Waals surface area contributed by atoms with Crippen molar-refractivity contribution in [3.05, 3.63) is 65.1 Å². The number of ketones is 1. The molecule has 1 aromatic heterocycles. The van der Waals surface area contributed by atoms with Gasteiger partial charge in [-0.1, -0.05) is 12.1 Å². The average Bonchev–Trinajstić information content (AvgIpc) is 3.36. The van der Waals surface area contributed by atoms with Crippen LogP contribution in [-0.4, -0.2) is 94.2 Å². The Kier molecular flexibility index (Phi) is 10.1. The van der Waals surface area contributed by atoms with Gasteiger partial charge in [-0.2, -0.15) is 0 Å². The summed E-state index contributed by atoms with van der Waals surface area (Å²) < 4.78 is 26.0. The van der Waals surface area contributed by atoms with Gasteiger partial charge in [-0.15, -0.1) is 5.06 Å². The smallest absolute Gasteiger partial charge is 0.496 e. The molecule has 48 heavy (non-hydrogen) atoms. The number of halogens is 1. The molecule has 258 valence electrons. The number of likely N-dealkylation sites (tertiary alicyclic amines) is 1. The molecular formula is C36H45FN4O7. The molecule has 12 heteroatoms. The van der Waals surface area contributed by atoms with Crippen molar-refractivity contribution >= 4 is 34.7 Å². The second kappa shape index (κ2) is 14.0. The number of aryl methyl sites for hydroxylation is 1. The Morgan fingerprint density at radius 1 is 0.938 bits per heavy atom. The van der Waals surface area contributed by atoms with Crippen LogP contribution in [0.2, 0.25) is 0 Å². The molecule has 3 aromatic rings. The minimum absolute atomic E-state index is 0.161. The van der Waals surface area contributed by atoms with E-state index in [0.717, 1.165) is 24.8 Å². The van der Waals surface area contributed by atoms with Gasteiger partial charge >= 0.3 is 6.16 Å². The van der Waals surface area contributed by atoms with Gasteiger partial charge in [-0.3, -0.25) is 14.4 Å². The summed E-state index contributed by atoms with van der Waals surface area (Å²) in [6.45, 7) is 10.3. The summed E-state index contributed by atoms with van der Waals surface area (Å²) in [6, 6.07) is 9.11. The Hall–Kier alpha value is -4.45. The Balaban J connectivity index is 1.30. The number of hydroxylamine groups is 2. The minimum atomic E-state index is -0.830. The fourth-order valence-electron chi connectivity index (χ4n) is 6.51. The zero-order valence-electron chi connectivity index (χ0n) is 28.7. The van der Waals surface area contributed by atoms with E-state index in [4.69, 9.17) is 14.3 Å². The van der Waals surface area contributed by atoms with Gasteiger partial charge < -0.3 is 28.7 Å². The lowest BCUT2D eigenvalue weighted by atomic mass is 9.90. The van der Waals surface area contributed by atoms with Gasteiger partial charge in [0.2, 0.25) is 0 Å². The van der Waals surface area contributed by atoms with Gasteiger partial charge in [0, 0.05) is 50.4 Å². The van der Waals surface area contributed by atoms with Crippen molar-refractivity contribution in [3.63, 3.8) is 0 Å². The van der Waals surface area contributed by atoms with Gasteiger partial charge in [-0.25, -0.2) is 9.18 Å². The first-order valence-electron chi connectivity index (χ1n) is 16.4. The summed E-state index contributed by atoms with van der Waals surface area (Å²) in [5.41, 5.74) is 1.52. The van der Waals surface area contributed by atoms with E-state index in [1.807, 2.05) is 0 Å². The fourth-order valence-corrected chi connectivity index (χ4v) is 6.51. The lowest BCUT2D eigenvalue weighted by Gasteiger charge is -2.42. The van der Waals surface area contributed by atoms with Crippen LogP contribution in [0.25, 0.3) is 10.9 Å². The number of carbonyl (C=O) groups is 4. The summed E-state index contributed by atoms with van der Waals surface area (Å²) in [4.78, 5) is 62.3. The second-order valence-corrected chi connectivity index (χ2v) is 13.9. The number of amides is 2. The van der Waals surface area contributed by atoms with Crippen LogP contribution in [0.4, 0.5) is 9.18 Å². The van der Waals surface area contributed by atoms with Crippen molar-refractivity contribution in [3.8, 4) is 5.75 Å². The summed E-state index contributed by atoms with van der Waals surface area (Å²) in [5.74, 6) is -1.06. The largest absolute Gasteiger partial charge is 0.528 e. The van der Waals surface area contributed by atoms with Crippen molar-refractivity contribution in [1.29, 1.82) is 0 Å². The number of ether oxygens (including phenoxy) is 2. The van der Waals surface area contributed by atoms with Gasteiger partial charge in [0.05, 0.1) is 36.3 Å². The number of hydrogen-bond donors (Lipinski definition) is 0. The molecule has 0 N–H and O–H groups in total. The molecule has 3 heterocycles. The van der Waals surface area contributed by atoms with Crippen LogP contribution in [0.15, 0.2) is 42.6 Å². The third-order valence-corrected chi connectivity index (χ3v) is 9.09. The SMILES string of the molecule is COc1cc2c(cc1C(=O)N1CCC(Cc3ccc(F)cc3)CC1)c(C(=O)C(=O)N1C[C@@H](C)N(OC(=O)OC(C)(C)C)C[C@@H]1C)cn2C. The molecule has 2 aliphatic heterocycles. The maximum atomic E-state index is 13.8. The quantitative estimate of drug-likeness (QED) is 0.188. The molecular weight excluding hydrogens is 619 g/mol. The van der Waals surface area contributed by atoms with Crippen LogP contribution < -0.4 is 4.74 Å². The lowest BCUT2D eigenvalue weighted by molar-refractivity contribution is -0.191. The molecule has 11 nitrogen and oxygen atoms in total. The zero-order chi connectivity index (χ0) is 34.9. The highest BCUT2D eigenvalue weighted by molar-refractivity contribution is 6.45. The molecule has 0 radical (unpaired) electrons. The van der Waals surface area contributed by atoms with Crippen molar-refractivity contribution in [1.82, 2.24) is 19.4 Å². The average molecular weight is 665 g/mol. The van der Waals surface area contributed by atoms with Crippen LogP contribution in [0.3, 0.4) is 0 Å². The molecule has 2 saturated heterocycles. The number of carbonyl (C=O) groups excluding carboxylic acids is 4. The van der Waals surface area contributed by atoms with Gasteiger partial charge in [0.25, 0.3) is 17.6 Å². The highest BCUT2D eigenvalue weighted by Gasteiger charge is 2.38. The summed E-state index contributed by atoms with van der Waals surface area (Å²) in [5, 5.41) is 1.96. The predicted octanol–water partition coefficient (Wildman–Crippen LogP) is 5.39. The van der Waals surface area contributed by atoms with E-state index in [2.05, 4.69) is 0 Å². The lowest BCUT2D eigenvalue weighted by Crippen LogP contribution is -2.59. The fraction of sp³-hybridized carbons (Fsp3) is 0.500. The molecule has 2 atom stereocenters. The predicted molar refractivity (Wildman–Crippen MR) is 177 cm³/mol. The molecule has 0 saturated carbocycles. The maximum absolute atomic E-state index is 13.8. The number of hydrogen-bond acceptors (Lipinski definition) is 8. The molecule has 0 aliphatic carbocycles. The first kappa shape index (κ1) is 34.9. The van der Waals surface area contributed by atoms with Gasteiger partial charge in [-0.05, 0) is 83.6 Å².